The number of carbonyl (C=O) groups excluding carboxylic acids is 4. The Morgan fingerprint density at radius 1 is 0.936 bits per heavy atom. The van der Waals surface area contributed by atoms with Gasteiger partial charge in [-0.15, -0.1) is 0 Å². The van der Waals surface area contributed by atoms with Crippen molar-refractivity contribution in [3.05, 3.63) is 60.3 Å². The van der Waals surface area contributed by atoms with Crippen LogP contribution in [0.1, 0.15) is 82.1 Å². The fraction of sp³-hybridized carbons (Fsp3) is 0.622. The lowest BCUT2D eigenvalue weighted by Crippen LogP contribution is -2.43. The third-order valence-corrected chi connectivity index (χ3v) is 8.54. The number of rotatable bonds is 18. The van der Waals surface area contributed by atoms with Crippen molar-refractivity contribution >= 4 is 24.0 Å². The molecule has 0 spiro atoms. The van der Waals surface area contributed by atoms with Crippen LogP contribution in [0.3, 0.4) is 0 Å². The van der Waals surface area contributed by atoms with Crippen molar-refractivity contribution in [3.63, 3.8) is 0 Å². The summed E-state index contributed by atoms with van der Waals surface area (Å²) in [6.07, 6.45) is 9.44. The number of amides is 1. The fourth-order valence-corrected chi connectivity index (χ4v) is 6.33. The van der Waals surface area contributed by atoms with E-state index in [2.05, 4.69) is 6.58 Å². The molecule has 10 nitrogen and oxygen atoms in total. The first-order valence-corrected chi connectivity index (χ1v) is 16.4. The van der Waals surface area contributed by atoms with Crippen LogP contribution < -0.4 is 5.73 Å². The van der Waals surface area contributed by atoms with Crippen molar-refractivity contribution in [3.8, 4) is 0 Å². The molecule has 0 aliphatic carbocycles. The van der Waals surface area contributed by atoms with Crippen molar-refractivity contribution in [2.24, 2.45) is 41.2 Å². The second-order valence-electron chi connectivity index (χ2n) is 13.1. The van der Waals surface area contributed by atoms with Crippen LogP contribution in [0.15, 0.2) is 60.3 Å². The number of cyclic esters (lactones) is 1. The number of carbonyl (C=O) groups is 4. The Labute approximate surface area is 281 Å². The maximum atomic E-state index is 12.2. The second kappa shape index (κ2) is 19.9. The maximum absolute atomic E-state index is 12.2. The molecule has 264 valence electrons. The number of aliphatic hydroxyl groups is 1. The topological polar surface area (TPSA) is 151 Å². The molecule has 10 heteroatoms. The van der Waals surface area contributed by atoms with E-state index in [-0.39, 0.29) is 47.9 Å². The summed E-state index contributed by atoms with van der Waals surface area (Å²) in [6, 6.07) is 0. The van der Waals surface area contributed by atoms with Gasteiger partial charge in [0.25, 0.3) is 0 Å². The van der Waals surface area contributed by atoms with E-state index in [1.165, 1.54) is 13.8 Å². The average molecular weight is 660 g/mol. The van der Waals surface area contributed by atoms with Gasteiger partial charge >= 0.3 is 24.0 Å². The molecule has 1 rings (SSSR count). The molecule has 0 aromatic heterocycles. The quantitative estimate of drug-likeness (QED) is 0.0738. The van der Waals surface area contributed by atoms with Gasteiger partial charge in [0.2, 0.25) is 0 Å². The fourth-order valence-electron chi connectivity index (χ4n) is 6.33. The van der Waals surface area contributed by atoms with Gasteiger partial charge in [0.15, 0.2) is 0 Å². The molecule has 0 fully saturated rings. The van der Waals surface area contributed by atoms with Gasteiger partial charge in [-0.3, -0.25) is 9.59 Å². The highest BCUT2D eigenvalue weighted by atomic mass is 16.6. The molecule has 0 radical (unpaired) electrons. The molecule has 47 heavy (non-hydrogen) atoms. The summed E-state index contributed by atoms with van der Waals surface area (Å²) < 4.78 is 22.5. The van der Waals surface area contributed by atoms with E-state index in [0.717, 1.165) is 5.57 Å². The number of primary amides is 1. The minimum atomic E-state index is -0.911. The Morgan fingerprint density at radius 2 is 1.51 bits per heavy atom. The summed E-state index contributed by atoms with van der Waals surface area (Å²) in [7, 11) is 0. The first-order chi connectivity index (χ1) is 21.9. The third-order valence-electron chi connectivity index (χ3n) is 8.54. The van der Waals surface area contributed by atoms with Crippen LogP contribution >= 0.6 is 0 Å². The smallest absolute Gasteiger partial charge is 0.404 e. The number of aliphatic hydroxyl groups excluding tert-OH is 1. The summed E-state index contributed by atoms with van der Waals surface area (Å²) in [5.41, 5.74) is 6.95. The standard InChI is InChI=1S/C37H57NO9/c1-12-13-14-22(3)34(47-37(38)43)28(9)35(45-30(11)40)26(7)18-21(2)17-25(6)33(44-29(10)39)23(4)15-16-31(41)20-32-24(5)19-27(8)36(42)46-32/h12-17,19,22-26,28,31-35,41H,1,18,20H2,2-11H3,(H2,38,43)/b14-13-,16-15-,21-17-/t22-,23-,24+,25-,26-,28+,31+,32-,33-,34-,35+/m0/s1. The van der Waals surface area contributed by atoms with Crippen LogP contribution in [0.2, 0.25) is 0 Å². The zero-order valence-corrected chi connectivity index (χ0v) is 29.8. The van der Waals surface area contributed by atoms with Gasteiger partial charge in [0.1, 0.15) is 24.4 Å². The molecular weight excluding hydrogens is 602 g/mol. The molecule has 0 unspecified atom stereocenters. The van der Waals surface area contributed by atoms with Crippen molar-refractivity contribution in [2.45, 2.75) is 113 Å². The van der Waals surface area contributed by atoms with E-state index in [1.807, 2.05) is 72.8 Å². The number of allylic oxidation sites excluding steroid dienone is 3. The predicted octanol–water partition coefficient (Wildman–Crippen LogP) is 6.39. The highest BCUT2D eigenvalue weighted by Gasteiger charge is 2.37. The van der Waals surface area contributed by atoms with Gasteiger partial charge in [-0.1, -0.05) is 96.2 Å². The monoisotopic (exact) mass is 659 g/mol. The second-order valence-corrected chi connectivity index (χ2v) is 13.1. The number of hydrogen-bond donors (Lipinski definition) is 2. The lowest BCUT2D eigenvalue weighted by molar-refractivity contribution is -0.155. The zero-order valence-electron chi connectivity index (χ0n) is 29.8. The summed E-state index contributed by atoms with van der Waals surface area (Å²) in [4.78, 5) is 48.0. The van der Waals surface area contributed by atoms with Crippen molar-refractivity contribution in [2.75, 3.05) is 0 Å². The van der Waals surface area contributed by atoms with Crippen LogP contribution in [-0.2, 0) is 33.3 Å². The van der Waals surface area contributed by atoms with E-state index in [4.69, 9.17) is 24.7 Å². The lowest BCUT2D eigenvalue weighted by Gasteiger charge is -2.35. The zero-order chi connectivity index (χ0) is 36.0. The van der Waals surface area contributed by atoms with Gasteiger partial charge in [-0.05, 0) is 26.2 Å². The van der Waals surface area contributed by atoms with Crippen LogP contribution in [-0.4, -0.2) is 59.6 Å². The highest BCUT2D eigenvalue weighted by Crippen LogP contribution is 2.32. The summed E-state index contributed by atoms with van der Waals surface area (Å²) in [5, 5.41) is 10.7. The Hall–Kier alpha value is -3.66. The number of hydrogen-bond acceptors (Lipinski definition) is 9. The van der Waals surface area contributed by atoms with Gasteiger partial charge in [0, 0.05) is 55.4 Å². The Balaban J connectivity index is 3.12. The first-order valence-electron chi connectivity index (χ1n) is 16.4. The molecular formula is C37H57NO9. The number of ether oxygens (including phenoxy) is 4. The summed E-state index contributed by atoms with van der Waals surface area (Å²) in [6.45, 7) is 21.6. The number of nitrogens with two attached hydrogens (primary N) is 1. The third kappa shape index (κ3) is 14.3. The van der Waals surface area contributed by atoms with E-state index >= 15 is 0 Å². The largest absolute Gasteiger partial charge is 0.462 e. The average Bonchev–Trinajstić information content (AvgIpc) is 2.96. The van der Waals surface area contributed by atoms with E-state index in [1.54, 1.807) is 25.2 Å². The van der Waals surface area contributed by atoms with Crippen LogP contribution in [0, 0.1) is 35.5 Å². The summed E-state index contributed by atoms with van der Waals surface area (Å²) >= 11 is 0. The molecule has 11 atom stereocenters. The minimum absolute atomic E-state index is 0.0139. The highest BCUT2D eigenvalue weighted by molar-refractivity contribution is 5.88. The summed E-state index contributed by atoms with van der Waals surface area (Å²) in [5.74, 6) is -2.48. The normalized spacial score (nSPS) is 22.9. The molecule has 1 amide bonds. The molecule has 1 heterocycles. The molecule has 0 saturated carbocycles. The molecule has 0 bridgehead atoms. The molecule has 0 saturated heterocycles. The van der Waals surface area contributed by atoms with Gasteiger partial charge in [-0.2, -0.15) is 0 Å². The van der Waals surface area contributed by atoms with Crippen molar-refractivity contribution in [1.29, 1.82) is 0 Å². The van der Waals surface area contributed by atoms with Gasteiger partial charge < -0.3 is 29.8 Å². The first kappa shape index (κ1) is 41.4. The molecule has 1 aliphatic heterocycles. The van der Waals surface area contributed by atoms with Crippen molar-refractivity contribution < 1.29 is 43.2 Å². The number of esters is 3. The molecule has 0 aromatic rings. The van der Waals surface area contributed by atoms with Crippen LogP contribution in [0.4, 0.5) is 4.79 Å². The molecule has 3 N–H and O–H groups in total. The molecule has 1 aliphatic rings. The van der Waals surface area contributed by atoms with Crippen LogP contribution in [0.5, 0.6) is 0 Å². The van der Waals surface area contributed by atoms with Crippen LogP contribution in [0.25, 0.3) is 0 Å². The predicted molar refractivity (Wildman–Crippen MR) is 182 cm³/mol. The van der Waals surface area contributed by atoms with E-state index in [0.29, 0.717) is 12.0 Å². The molecule has 0 aromatic carbocycles. The van der Waals surface area contributed by atoms with Crippen molar-refractivity contribution in [1.82, 2.24) is 0 Å². The van der Waals surface area contributed by atoms with E-state index in [9.17, 15) is 24.3 Å². The SMILES string of the molecule is C=C/C=C\[C@H](C)[C@H](OC(N)=O)[C@@H](C)[C@H](OC(C)=O)[C@@H](C)C/C(C)=C\[C@H](C)[C@@H](OC(C)=O)[C@@H](C)/C=C\[C@@H](O)C[C@@H]1OC(=O)C(C)=C[C@H]1C. The maximum Gasteiger partial charge on any atom is 0.404 e. The van der Waals surface area contributed by atoms with Gasteiger partial charge in [0.05, 0.1) is 6.10 Å². The van der Waals surface area contributed by atoms with E-state index < -0.39 is 48.6 Å². The minimum Gasteiger partial charge on any atom is -0.462 e. The Kier molecular flexibility index (Phi) is 17.5. The lowest BCUT2D eigenvalue weighted by atomic mass is 9.81. The Bertz CT molecular complexity index is 1200. The van der Waals surface area contributed by atoms with Gasteiger partial charge in [-0.25, -0.2) is 9.59 Å². The Morgan fingerprint density at radius 3 is 2.06 bits per heavy atom.